The second kappa shape index (κ2) is 12.3. The van der Waals surface area contributed by atoms with Gasteiger partial charge in [0.25, 0.3) is 5.56 Å². The highest BCUT2D eigenvalue weighted by molar-refractivity contribution is 5.98. The number of fused-ring (bicyclic) bond motifs is 2. The summed E-state index contributed by atoms with van der Waals surface area (Å²) < 4.78 is 7.40. The molecule has 0 atom stereocenters. The maximum Gasteiger partial charge on any atom is 0.258 e. The number of aromatic nitrogens is 1. The van der Waals surface area contributed by atoms with Crippen LogP contribution in [0.2, 0.25) is 0 Å². The molecule has 4 rings (SSSR count). The number of pyridine rings is 1. The molecule has 2 N–H and O–H groups in total. The fourth-order valence-electron chi connectivity index (χ4n) is 3.83. The molecule has 0 unspecified atom stereocenters. The first kappa shape index (κ1) is 29.6. The van der Waals surface area contributed by atoms with Gasteiger partial charge in [0.1, 0.15) is 12.0 Å². The fourth-order valence-corrected chi connectivity index (χ4v) is 3.83. The van der Waals surface area contributed by atoms with E-state index < -0.39 is 5.60 Å². The van der Waals surface area contributed by atoms with Crippen molar-refractivity contribution in [3.05, 3.63) is 64.1 Å². The molecule has 35 heavy (non-hydrogen) atoms. The fraction of sp³-hybridized carbons (Fsp3) is 0.379. The molecule has 2 heterocycles. The van der Waals surface area contributed by atoms with E-state index in [-0.39, 0.29) is 17.4 Å². The Labute approximate surface area is 208 Å². The molecule has 1 aliphatic heterocycles. The zero-order valence-electron chi connectivity index (χ0n) is 21.8. The van der Waals surface area contributed by atoms with Crippen LogP contribution in [-0.4, -0.2) is 40.4 Å². The highest BCUT2D eigenvalue weighted by atomic mass is 16.5. The largest absolute Gasteiger partial charge is 0.492 e. The van der Waals surface area contributed by atoms with E-state index in [1.165, 1.54) is 0 Å². The zero-order chi connectivity index (χ0) is 27.0. The molecule has 3 aromatic rings. The molecule has 1 aliphatic rings. The van der Waals surface area contributed by atoms with E-state index in [0.29, 0.717) is 12.0 Å². The van der Waals surface area contributed by atoms with Gasteiger partial charge < -0.3 is 24.3 Å². The molecule has 0 aliphatic carbocycles. The minimum Gasteiger partial charge on any atom is -0.492 e. The average molecular weight is 480 g/mol. The Bertz CT molecular complexity index is 1220. The van der Waals surface area contributed by atoms with E-state index in [4.69, 9.17) is 14.9 Å². The number of hydrogen-bond acceptors (Lipinski definition) is 5. The summed E-state index contributed by atoms with van der Waals surface area (Å²) in [7, 11) is 2.73. The molecule has 0 saturated carbocycles. The van der Waals surface area contributed by atoms with Crippen molar-refractivity contribution in [3.8, 4) is 29.7 Å². The summed E-state index contributed by atoms with van der Waals surface area (Å²) in [4.78, 5) is 24.0. The standard InChI is InChI=1S/C22H21NO3.C4H10O.C2H2.CH4O/c1-22(2)13-26-19-9-8-14(12-17(19)22)20-15-6-4-5-7-16(15)21(25)23(3)18(20)10-11-24;1-4(2,3)5;2*1-2/h4-9,11-12H,10,13H2,1-3H3;5H,1-3H3;1-2H;2H,1H3. The quantitative estimate of drug-likeness (QED) is 0.433. The van der Waals surface area contributed by atoms with Crippen molar-refractivity contribution in [2.24, 2.45) is 7.05 Å². The van der Waals surface area contributed by atoms with Crippen LogP contribution < -0.4 is 10.3 Å². The second-order valence-corrected chi connectivity index (χ2v) is 9.66. The van der Waals surface area contributed by atoms with Crippen molar-refractivity contribution in [2.75, 3.05) is 13.7 Å². The van der Waals surface area contributed by atoms with E-state index >= 15 is 0 Å². The third-order valence-electron chi connectivity index (χ3n) is 5.29. The molecule has 6 heteroatoms. The third-order valence-corrected chi connectivity index (χ3v) is 5.29. The number of aliphatic hydroxyl groups excluding tert-OH is 1. The number of rotatable bonds is 3. The molecule has 0 spiro atoms. The van der Waals surface area contributed by atoms with Gasteiger partial charge in [-0.1, -0.05) is 38.1 Å². The van der Waals surface area contributed by atoms with Gasteiger partial charge in [-0.05, 0) is 49.9 Å². The van der Waals surface area contributed by atoms with Crippen LogP contribution in [0.1, 0.15) is 45.9 Å². The highest BCUT2D eigenvalue weighted by Crippen LogP contribution is 2.42. The monoisotopic (exact) mass is 479 g/mol. The number of carbonyl (C=O) groups is 1. The first-order chi connectivity index (χ1) is 16.4. The Morgan fingerprint density at radius 1 is 1.09 bits per heavy atom. The first-order valence-electron chi connectivity index (χ1n) is 11.3. The Hall–Kier alpha value is -3.40. The Kier molecular flexibility index (Phi) is 10.5. The van der Waals surface area contributed by atoms with Gasteiger partial charge in [0.2, 0.25) is 0 Å². The molecule has 6 nitrogen and oxygen atoms in total. The molecule has 0 saturated heterocycles. The number of aldehydes is 1. The van der Waals surface area contributed by atoms with Crippen LogP contribution in [0.5, 0.6) is 5.75 Å². The van der Waals surface area contributed by atoms with Crippen molar-refractivity contribution in [2.45, 2.75) is 52.1 Å². The summed E-state index contributed by atoms with van der Waals surface area (Å²) in [6, 6.07) is 13.7. The maximum absolute atomic E-state index is 12.7. The maximum atomic E-state index is 12.7. The SMILES string of the molecule is C#C.CC(C)(C)O.CO.Cn1c(CC=O)c(-c2ccc3c(c2)C(C)(C)CO3)c2ccccc2c1=O. The lowest BCUT2D eigenvalue weighted by molar-refractivity contribution is -0.107. The summed E-state index contributed by atoms with van der Waals surface area (Å²) in [6.45, 7) is 10.2. The smallest absolute Gasteiger partial charge is 0.258 e. The van der Waals surface area contributed by atoms with Crippen molar-refractivity contribution in [3.63, 3.8) is 0 Å². The Balaban J connectivity index is 0.000000598. The molecule has 0 bridgehead atoms. The van der Waals surface area contributed by atoms with Gasteiger partial charge in [0.15, 0.2) is 0 Å². The van der Waals surface area contributed by atoms with Gasteiger partial charge in [-0.15, -0.1) is 12.8 Å². The van der Waals surface area contributed by atoms with Crippen molar-refractivity contribution in [1.29, 1.82) is 0 Å². The summed E-state index contributed by atoms with van der Waals surface area (Å²) in [5, 5.41) is 17.1. The number of ether oxygens (including phenoxy) is 1. The zero-order valence-corrected chi connectivity index (χ0v) is 21.8. The van der Waals surface area contributed by atoms with E-state index in [1.807, 2.05) is 36.4 Å². The molecule has 188 valence electrons. The van der Waals surface area contributed by atoms with E-state index in [0.717, 1.165) is 46.9 Å². The third kappa shape index (κ3) is 7.05. The molecule has 0 fully saturated rings. The van der Waals surface area contributed by atoms with E-state index in [1.54, 1.807) is 32.4 Å². The van der Waals surface area contributed by atoms with E-state index in [2.05, 4.69) is 32.8 Å². The number of hydrogen-bond donors (Lipinski definition) is 2. The molecular weight excluding hydrogens is 442 g/mol. The van der Waals surface area contributed by atoms with Gasteiger partial charge >= 0.3 is 0 Å². The van der Waals surface area contributed by atoms with Crippen LogP contribution in [-0.2, 0) is 23.7 Å². The van der Waals surface area contributed by atoms with Crippen LogP contribution in [0.3, 0.4) is 0 Å². The lowest BCUT2D eigenvalue weighted by Gasteiger charge is -2.19. The van der Waals surface area contributed by atoms with Gasteiger partial charge in [-0.3, -0.25) is 4.79 Å². The number of carbonyl (C=O) groups excluding carboxylic acids is 1. The number of aliphatic hydroxyl groups is 2. The van der Waals surface area contributed by atoms with Crippen LogP contribution in [0, 0.1) is 12.8 Å². The van der Waals surface area contributed by atoms with Gasteiger partial charge in [0, 0.05) is 48.2 Å². The topological polar surface area (TPSA) is 88.8 Å². The number of nitrogens with zero attached hydrogens (tertiary/aromatic N) is 1. The minimum absolute atomic E-state index is 0.0629. The molecule has 0 radical (unpaired) electrons. The molecular formula is C29H37NO5. The normalized spacial score (nSPS) is 13.0. The van der Waals surface area contributed by atoms with Crippen LogP contribution >= 0.6 is 0 Å². The summed E-state index contributed by atoms with van der Waals surface area (Å²) in [5.74, 6) is 0.907. The molecule has 2 aromatic carbocycles. The average Bonchev–Trinajstić information content (AvgIpc) is 3.13. The van der Waals surface area contributed by atoms with Crippen LogP contribution in [0.15, 0.2) is 47.3 Å². The highest BCUT2D eigenvalue weighted by Gasteiger charge is 2.32. The predicted molar refractivity (Wildman–Crippen MR) is 143 cm³/mol. The minimum atomic E-state index is -0.500. The lowest BCUT2D eigenvalue weighted by Crippen LogP contribution is -2.22. The van der Waals surface area contributed by atoms with Crippen LogP contribution in [0.25, 0.3) is 21.9 Å². The predicted octanol–water partition coefficient (Wildman–Crippen LogP) is 4.25. The Morgan fingerprint density at radius 3 is 2.17 bits per heavy atom. The molecule has 0 amide bonds. The summed E-state index contributed by atoms with van der Waals surface area (Å²) >= 11 is 0. The summed E-state index contributed by atoms with van der Waals surface area (Å²) in [6.07, 6.45) is 9.05. The first-order valence-corrected chi connectivity index (χ1v) is 11.3. The molecule has 1 aromatic heterocycles. The number of terminal acetylenes is 1. The number of benzene rings is 2. The Morgan fingerprint density at radius 2 is 1.63 bits per heavy atom. The van der Waals surface area contributed by atoms with E-state index in [9.17, 15) is 9.59 Å². The van der Waals surface area contributed by atoms with Crippen molar-refractivity contribution < 1.29 is 19.7 Å². The van der Waals surface area contributed by atoms with Gasteiger partial charge in [-0.2, -0.15) is 0 Å². The van der Waals surface area contributed by atoms with Crippen molar-refractivity contribution in [1.82, 2.24) is 4.57 Å². The van der Waals surface area contributed by atoms with Crippen molar-refractivity contribution >= 4 is 17.1 Å². The van der Waals surface area contributed by atoms with Gasteiger partial charge in [-0.25, -0.2) is 0 Å². The van der Waals surface area contributed by atoms with Crippen LogP contribution in [0.4, 0.5) is 0 Å². The lowest BCUT2D eigenvalue weighted by atomic mass is 9.84. The summed E-state index contributed by atoms with van der Waals surface area (Å²) in [5.41, 5.74) is 3.20. The van der Waals surface area contributed by atoms with Gasteiger partial charge in [0.05, 0.1) is 12.2 Å². The second-order valence-electron chi connectivity index (χ2n) is 9.66.